The molecule has 308 valence electrons. The van der Waals surface area contributed by atoms with Gasteiger partial charge in [-0.05, 0) is 51.4 Å². The van der Waals surface area contributed by atoms with Crippen LogP contribution in [0.1, 0.15) is 143 Å². The van der Waals surface area contributed by atoms with Crippen molar-refractivity contribution < 1.29 is 58.7 Å². The van der Waals surface area contributed by atoms with Crippen LogP contribution < -0.4 is 0 Å². The van der Waals surface area contributed by atoms with Crippen molar-refractivity contribution in [2.45, 2.75) is 173 Å². The number of carboxylic acid groups (broad SMARTS) is 4. The molecule has 2 aliphatic rings. The number of carboxylic acids is 4. The molecule has 2 rings (SSSR count). The fourth-order valence-corrected chi connectivity index (χ4v) is 13.0. The average molecular weight is 978 g/mol. The van der Waals surface area contributed by atoms with Gasteiger partial charge in [-0.1, -0.05) is 12.8 Å². The van der Waals surface area contributed by atoms with Gasteiger partial charge in [0.05, 0.1) is 0 Å². The molecular weight excluding hydrogens is 910 g/mol. The zero-order chi connectivity index (χ0) is 41.2. The summed E-state index contributed by atoms with van der Waals surface area (Å²) in [5, 5.41) is 32.2. The summed E-state index contributed by atoms with van der Waals surface area (Å²) < 4.78 is 16.6. The van der Waals surface area contributed by atoms with Gasteiger partial charge in [-0.3, -0.25) is 0 Å². The summed E-state index contributed by atoms with van der Waals surface area (Å²) in [6.07, 6.45) is 26.6. The normalized spacial score (nSPS) is 14.2. The van der Waals surface area contributed by atoms with Gasteiger partial charge in [0.25, 0.3) is 0 Å². The Balaban J connectivity index is -0.000000616. The molecule has 54 heavy (non-hydrogen) atoms. The maximum atomic E-state index is 11.0. The number of hydrogen-bond acceptors (Lipinski definition) is 8. The molecule has 0 atom stereocenters. The van der Waals surface area contributed by atoms with E-state index < -0.39 is 35.8 Å². The average Bonchev–Trinajstić information content (AvgIpc) is 3.14. The number of esters is 2. The molecule has 2 saturated carbocycles. The minimum absolute atomic E-state index is 0.0188. The molecular formula is C40H68O12Sn2. The molecule has 2 fully saturated rings. The molecule has 0 saturated heterocycles. The molecule has 14 heteroatoms. The fraction of sp³-hybridized carbons (Fsp3) is 0.700. The molecule has 0 bridgehead atoms. The molecule has 0 amide bonds. The second-order valence-electron chi connectivity index (χ2n) is 12.7. The van der Waals surface area contributed by atoms with Gasteiger partial charge < -0.3 is 29.9 Å². The number of hydrogen-bond donors (Lipinski definition) is 4. The minimum atomic E-state index is -1.26. The van der Waals surface area contributed by atoms with Gasteiger partial charge in [0.15, 0.2) is 0 Å². The molecule has 0 spiro atoms. The SMILES string of the molecule is CCC[CH2][Sn][CH2]CCC.CCC[CH2][Sn][CH2]CCC.O=C(O)/C=C/C(=O)O.O=C(O)/C=C/C(=O)OC1CCCCC1.O=C(O)/C=C/C(=O)OC1CCCCC1. The van der Waals surface area contributed by atoms with Crippen molar-refractivity contribution in [3.05, 3.63) is 36.5 Å². The van der Waals surface area contributed by atoms with Crippen LogP contribution in [0.3, 0.4) is 0 Å². The van der Waals surface area contributed by atoms with E-state index in [1.54, 1.807) is 17.7 Å². The molecule has 2 aliphatic carbocycles. The number of carbonyl (C=O) groups is 6. The van der Waals surface area contributed by atoms with E-state index in [0.717, 1.165) is 75.7 Å². The Hall–Kier alpha value is -2.36. The van der Waals surface area contributed by atoms with E-state index >= 15 is 0 Å². The first-order valence-corrected chi connectivity index (χ1v) is 27.7. The third kappa shape index (κ3) is 49.6. The monoisotopic (exact) mass is 980 g/mol. The standard InChI is InChI=1S/2C10H14O4.C4H4O4.4C4H9.2Sn/c2*11-9(12)6-7-10(13)14-8-4-2-1-3-5-8;5-3(6)1-2-4(7)8;4*1-3-4-2;;/h2*6-8H,1-5H2,(H,11,12);1-2H,(H,5,6)(H,7,8);4*1,3-4H2,2H3;;/b2*7-6+;2-1+;;;;;;. The van der Waals surface area contributed by atoms with E-state index in [9.17, 15) is 28.8 Å². The Morgan fingerprint density at radius 2 is 0.685 bits per heavy atom. The second-order valence-corrected chi connectivity index (χ2v) is 21.2. The van der Waals surface area contributed by atoms with Gasteiger partial charge in [0.2, 0.25) is 0 Å². The fourth-order valence-electron chi connectivity index (χ4n) is 4.65. The summed E-state index contributed by atoms with van der Waals surface area (Å²) in [5.41, 5.74) is 0. The van der Waals surface area contributed by atoms with E-state index in [4.69, 9.17) is 29.9 Å². The third-order valence-electron chi connectivity index (χ3n) is 7.59. The van der Waals surface area contributed by atoms with Gasteiger partial charge in [0, 0.05) is 36.5 Å². The van der Waals surface area contributed by atoms with Gasteiger partial charge in [-0.2, -0.15) is 0 Å². The van der Waals surface area contributed by atoms with Gasteiger partial charge in [0.1, 0.15) is 12.2 Å². The first kappa shape index (κ1) is 56.0. The van der Waals surface area contributed by atoms with Crippen molar-refractivity contribution >= 4 is 78.1 Å². The molecule has 4 N–H and O–H groups in total. The molecule has 12 nitrogen and oxygen atoms in total. The molecule has 4 radical (unpaired) electrons. The molecule has 0 aliphatic heterocycles. The van der Waals surface area contributed by atoms with Gasteiger partial charge >= 0.3 is 175 Å². The maximum absolute atomic E-state index is 11.0. The van der Waals surface area contributed by atoms with Gasteiger partial charge in [-0.15, -0.1) is 0 Å². The van der Waals surface area contributed by atoms with Crippen molar-refractivity contribution in [3.63, 3.8) is 0 Å². The third-order valence-corrected chi connectivity index (χ3v) is 15.7. The summed E-state index contributed by atoms with van der Waals surface area (Å²) in [7, 11) is 0. The summed E-state index contributed by atoms with van der Waals surface area (Å²) in [6, 6.07) is 0. The topological polar surface area (TPSA) is 202 Å². The number of ether oxygens (including phenoxy) is 2. The Morgan fingerprint density at radius 3 is 0.907 bits per heavy atom. The van der Waals surface area contributed by atoms with Crippen LogP contribution in [0.25, 0.3) is 0 Å². The Morgan fingerprint density at radius 1 is 0.444 bits per heavy atom. The van der Waals surface area contributed by atoms with Crippen molar-refractivity contribution in [2.24, 2.45) is 0 Å². The van der Waals surface area contributed by atoms with E-state index in [2.05, 4.69) is 27.7 Å². The Kier molecular flexibility index (Phi) is 44.9. The van der Waals surface area contributed by atoms with E-state index in [1.807, 2.05) is 0 Å². The maximum Gasteiger partial charge on any atom is 0.331 e. The smallest absolute Gasteiger partial charge is 0.331 e. The van der Waals surface area contributed by atoms with Crippen molar-refractivity contribution in [1.29, 1.82) is 0 Å². The molecule has 0 heterocycles. The second kappa shape index (κ2) is 43.4. The Labute approximate surface area is 344 Å². The van der Waals surface area contributed by atoms with Crippen LogP contribution in [0, 0.1) is 0 Å². The quantitative estimate of drug-likeness (QED) is 0.0391. The van der Waals surface area contributed by atoms with Crippen LogP contribution in [0.4, 0.5) is 0 Å². The molecule has 0 aromatic rings. The van der Waals surface area contributed by atoms with Crippen molar-refractivity contribution in [2.75, 3.05) is 0 Å². The first-order chi connectivity index (χ1) is 25.8. The number of rotatable bonds is 20. The van der Waals surface area contributed by atoms with E-state index in [-0.39, 0.29) is 54.5 Å². The summed E-state index contributed by atoms with van der Waals surface area (Å²) in [5.74, 6) is -5.89. The summed E-state index contributed by atoms with van der Waals surface area (Å²) >= 11 is 0.299. The molecule has 0 aromatic carbocycles. The van der Waals surface area contributed by atoms with E-state index in [1.165, 1.54) is 64.2 Å². The summed E-state index contributed by atoms with van der Waals surface area (Å²) in [6.45, 7) is 9.16. The predicted molar refractivity (Wildman–Crippen MR) is 214 cm³/mol. The van der Waals surface area contributed by atoms with Crippen LogP contribution in [-0.4, -0.2) is 111 Å². The van der Waals surface area contributed by atoms with Crippen LogP contribution in [0.2, 0.25) is 17.7 Å². The predicted octanol–water partition coefficient (Wildman–Crippen LogP) is 8.97. The van der Waals surface area contributed by atoms with Crippen molar-refractivity contribution in [1.82, 2.24) is 0 Å². The number of aliphatic carboxylic acids is 4. The molecule has 0 unspecified atom stereocenters. The number of unbranched alkanes of at least 4 members (excludes halogenated alkanes) is 4. The van der Waals surface area contributed by atoms with Crippen LogP contribution in [0.15, 0.2) is 36.5 Å². The minimum Gasteiger partial charge on any atom is -0.478 e. The zero-order valence-corrected chi connectivity index (χ0v) is 38.9. The largest absolute Gasteiger partial charge is 0.478 e. The summed E-state index contributed by atoms with van der Waals surface area (Å²) in [4.78, 5) is 61.4. The van der Waals surface area contributed by atoms with Gasteiger partial charge in [-0.25, -0.2) is 28.8 Å². The van der Waals surface area contributed by atoms with E-state index in [0.29, 0.717) is 12.2 Å². The van der Waals surface area contributed by atoms with Crippen LogP contribution in [0.5, 0.6) is 0 Å². The van der Waals surface area contributed by atoms with Crippen molar-refractivity contribution in [3.8, 4) is 0 Å². The Bertz CT molecular complexity index is 969. The van der Waals surface area contributed by atoms with Crippen LogP contribution >= 0.6 is 0 Å². The first-order valence-electron chi connectivity index (χ1n) is 19.6. The molecule has 0 aromatic heterocycles. The van der Waals surface area contributed by atoms with Crippen LogP contribution in [-0.2, 0) is 38.2 Å². The zero-order valence-electron chi connectivity index (χ0n) is 33.2. The number of carbonyl (C=O) groups excluding carboxylic acids is 2.